The highest BCUT2D eigenvalue weighted by Gasteiger charge is 2.23. The van der Waals surface area contributed by atoms with Crippen LogP contribution in [0.25, 0.3) is 22.6 Å². The molecular weight excluding hydrogens is 470 g/mol. The van der Waals surface area contributed by atoms with Crippen molar-refractivity contribution in [2.75, 3.05) is 26.2 Å². The second kappa shape index (κ2) is 11.7. The lowest BCUT2D eigenvalue weighted by Gasteiger charge is -2.33. The minimum Gasteiger partial charge on any atom is -0.490 e. The Bertz CT molecular complexity index is 1220. The van der Waals surface area contributed by atoms with Crippen LogP contribution >= 0.6 is 12.4 Å². The first-order valence-electron chi connectivity index (χ1n) is 11.5. The van der Waals surface area contributed by atoms with Crippen LogP contribution in [0.4, 0.5) is 0 Å². The largest absolute Gasteiger partial charge is 0.490 e. The van der Waals surface area contributed by atoms with Crippen molar-refractivity contribution in [2.24, 2.45) is 0 Å². The van der Waals surface area contributed by atoms with E-state index in [1.165, 1.54) is 11.1 Å². The summed E-state index contributed by atoms with van der Waals surface area (Å²) in [4.78, 5) is 2.33. The average molecular weight is 502 g/mol. The van der Waals surface area contributed by atoms with Crippen LogP contribution < -0.4 is 4.74 Å². The molecule has 2 aromatic heterocycles. The molecule has 1 atom stereocenters. The number of furan rings is 1. The van der Waals surface area contributed by atoms with E-state index in [9.17, 15) is 5.11 Å². The molecule has 1 aliphatic heterocycles. The molecule has 3 N–H and O–H groups in total. The van der Waals surface area contributed by atoms with Crippen LogP contribution in [0.1, 0.15) is 35.8 Å². The second-order valence-corrected chi connectivity index (χ2v) is 8.86. The number of piperidine rings is 1. The van der Waals surface area contributed by atoms with Crippen molar-refractivity contribution in [1.82, 2.24) is 15.1 Å². The summed E-state index contributed by atoms with van der Waals surface area (Å²) in [6.45, 7) is 6.65. The van der Waals surface area contributed by atoms with Crippen LogP contribution in [0.15, 0.2) is 57.4 Å². The summed E-state index contributed by atoms with van der Waals surface area (Å²) in [5, 5.41) is 19.3. The zero-order valence-electron chi connectivity index (χ0n) is 19.9. The lowest BCUT2D eigenvalue weighted by molar-refractivity contribution is 0.0599. The van der Waals surface area contributed by atoms with E-state index >= 15 is 0 Å². The Morgan fingerprint density at radius 3 is 2.49 bits per heavy atom. The highest BCUT2D eigenvalue weighted by atomic mass is 35.5. The molecule has 5 rings (SSSR count). The topological polar surface area (TPSA) is 116 Å². The fraction of sp³-hybridized carbons (Fsp3) is 0.385. The van der Waals surface area contributed by atoms with Crippen molar-refractivity contribution < 1.29 is 24.2 Å². The Hall–Kier alpha value is -2.91. The molecule has 1 saturated heterocycles. The first-order valence-corrected chi connectivity index (χ1v) is 11.5. The predicted molar refractivity (Wildman–Crippen MR) is 136 cm³/mol. The first kappa shape index (κ1) is 26.7. The van der Waals surface area contributed by atoms with Gasteiger partial charge >= 0.3 is 0 Å². The highest BCUT2D eigenvalue weighted by Crippen LogP contribution is 2.33. The number of fused-ring (bicyclic) bond motifs is 1. The molecule has 0 unspecified atom stereocenters. The number of rotatable bonds is 7. The lowest BCUT2D eigenvalue weighted by Crippen LogP contribution is -2.40. The molecule has 2 aromatic carbocycles. The van der Waals surface area contributed by atoms with E-state index in [2.05, 4.69) is 46.3 Å². The smallest absolute Gasteiger partial charge is 0.283 e. The Kier molecular flexibility index (Phi) is 8.91. The SMILES string of the molecule is Cc1ccc(C2CCN(C[C@H](O)COc3cccc4oc(-c5nnc(C)o5)cc34)CC2)cc1.Cl.O. The third-order valence-electron chi connectivity index (χ3n) is 6.29. The average Bonchev–Trinajstić information content (AvgIpc) is 3.45. The summed E-state index contributed by atoms with van der Waals surface area (Å²) in [6, 6.07) is 16.3. The number of likely N-dealkylation sites (tertiary alicyclic amines) is 1. The molecule has 0 saturated carbocycles. The summed E-state index contributed by atoms with van der Waals surface area (Å²) in [7, 11) is 0. The Balaban J connectivity index is 0.00000171. The van der Waals surface area contributed by atoms with Gasteiger partial charge in [-0.3, -0.25) is 0 Å². The monoisotopic (exact) mass is 501 g/mol. The summed E-state index contributed by atoms with van der Waals surface area (Å²) < 4.78 is 17.3. The minimum absolute atomic E-state index is 0. The van der Waals surface area contributed by atoms with Gasteiger partial charge in [-0.1, -0.05) is 35.9 Å². The van der Waals surface area contributed by atoms with Gasteiger partial charge in [0, 0.05) is 19.5 Å². The number of aliphatic hydroxyl groups excluding tert-OH is 1. The molecule has 1 fully saturated rings. The van der Waals surface area contributed by atoms with E-state index in [0.717, 1.165) is 31.3 Å². The van der Waals surface area contributed by atoms with Gasteiger partial charge in [-0.25, -0.2) is 0 Å². The molecule has 8 nitrogen and oxygen atoms in total. The van der Waals surface area contributed by atoms with Crippen LogP contribution in [-0.2, 0) is 0 Å². The standard InChI is InChI=1S/C26H29N3O4.ClH.H2O/c1-17-6-8-19(9-7-17)20-10-12-29(13-11-20)15-21(30)16-31-23-4-3-5-24-22(23)14-25(33-24)26-28-27-18(2)32-26;;/h3-9,14,20-21,30H,10-13,15-16H2,1-2H3;1H;1H2/t21-;;/m0../s1. The van der Waals surface area contributed by atoms with E-state index in [4.69, 9.17) is 13.6 Å². The summed E-state index contributed by atoms with van der Waals surface area (Å²) in [5.74, 6) is 2.58. The number of aromatic nitrogens is 2. The van der Waals surface area contributed by atoms with Crippen LogP contribution in [0, 0.1) is 13.8 Å². The van der Waals surface area contributed by atoms with Crippen molar-refractivity contribution in [2.45, 2.75) is 38.7 Å². The molecule has 9 heteroatoms. The van der Waals surface area contributed by atoms with Gasteiger partial charge in [-0.05, 0) is 56.5 Å². The fourth-order valence-electron chi connectivity index (χ4n) is 4.49. The van der Waals surface area contributed by atoms with Gasteiger partial charge in [0.1, 0.15) is 24.0 Å². The third-order valence-corrected chi connectivity index (χ3v) is 6.29. The van der Waals surface area contributed by atoms with E-state index in [1.807, 2.05) is 24.3 Å². The van der Waals surface area contributed by atoms with E-state index in [0.29, 0.717) is 41.3 Å². The number of ether oxygens (including phenoxy) is 1. The number of hydrogen-bond donors (Lipinski definition) is 1. The zero-order chi connectivity index (χ0) is 22.8. The second-order valence-electron chi connectivity index (χ2n) is 8.86. The van der Waals surface area contributed by atoms with Crippen molar-refractivity contribution in [3.63, 3.8) is 0 Å². The number of β-amino-alcohol motifs (C(OH)–C–C–N with tert-alkyl or cyclic N) is 1. The molecule has 188 valence electrons. The number of aliphatic hydroxyl groups is 1. The first-order chi connectivity index (χ1) is 16.0. The van der Waals surface area contributed by atoms with Gasteiger partial charge in [0.2, 0.25) is 5.89 Å². The van der Waals surface area contributed by atoms with Gasteiger partial charge < -0.3 is 29.1 Å². The summed E-state index contributed by atoms with van der Waals surface area (Å²) >= 11 is 0. The van der Waals surface area contributed by atoms with Crippen LogP contribution in [0.2, 0.25) is 0 Å². The van der Waals surface area contributed by atoms with Gasteiger partial charge in [0.15, 0.2) is 5.76 Å². The fourth-order valence-corrected chi connectivity index (χ4v) is 4.49. The molecule has 0 radical (unpaired) electrons. The molecule has 0 spiro atoms. The molecule has 0 amide bonds. The summed E-state index contributed by atoms with van der Waals surface area (Å²) in [6.07, 6.45) is 1.66. The Labute approximate surface area is 210 Å². The van der Waals surface area contributed by atoms with Crippen LogP contribution in [0.5, 0.6) is 5.75 Å². The Morgan fingerprint density at radius 2 is 1.80 bits per heavy atom. The number of nitrogens with zero attached hydrogens (tertiary/aromatic N) is 3. The van der Waals surface area contributed by atoms with Crippen molar-refractivity contribution >= 4 is 23.4 Å². The Morgan fingerprint density at radius 1 is 1.06 bits per heavy atom. The quantitative estimate of drug-likeness (QED) is 0.401. The van der Waals surface area contributed by atoms with E-state index in [1.54, 1.807) is 6.92 Å². The maximum atomic E-state index is 10.6. The van der Waals surface area contributed by atoms with Gasteiger partial charge in [0.25, 0.3) is 5.89 Å². The summed E-state index contributed by atoms with van der Waals surface area (Å²) in [5.41, 5.74) is 3.39. The molecule has 35 heavy (non-hydrogen) atoms. The van der Waals surface area contributed by atoms with Crippen molar-refractivity contribution in [3.05, 3.63) is 65.5 Å². The number of hydrogen-bond acceptors (Lipinski definition) is 7. The minimum atomic E-state index is -0.568. The highest BCUT2D eigenvalue weighted by molar-refractivity contribution is 5.87. The van der Waals surface area contributed by atoms with Gasteiger partial charge in [-0.2, -0.15) is 0 Å². The van der Waals surface area contributed by atoms with E-state index in [-0.39, 0.29) is 24.5 Å². The number of halogens is 1. The lowest BCUT2D eigenvalue weighted by atomic mass is 9.89. The molecule has 3 heterocycles. The number of benzene rings is 2. The normalized spacial score (nSPS) is 15.4. The molecule has 4 aromatic rings. The molecule has 1 aliphatic rings. The van der Waals surface area contributed by atoms with Crippen molar-refractivity contribution in [1.29, 1.82) is 0 Å². The van der Waals surface area contributed by atoms with Crippen LogP contribution in [0.3, 0.4) is 0 Å². The number of aryl methyl sites for hydroxylation is 2. The predicted octanol–water partition coefficient (Wildman–Crippen LogP) is 4.32. The molecule has 0 bridgehead atoms. The van der Waals surface area contributed by atoms with Gasteiger partial charge in [-0.15, -0.1) is 22.6 Å². The van der Waals surface area contributed by atoms with Crippen molar-refractivity contribution in [3.8, 4) is 17.4 Å². The zero-order valence-corrected chi connectivity index (χ0v) is 20.8. The maximum absolute atomic E-state index is 10.6. The molecular formula is C26H32ClN3O5. The van der Waals surface area contributed by atoms with E-state index < -0.39 is 6.10 Å². The maximum Gasteiger partial charge on any atom is 0.283 e. The van der Waals surface area contributed by atoms with Crippen LogP contribution in [-0.4, -0.2) is 58.0 Å². The third kappa shape index (κ3) is 6.21. The molecule has 0 aliphatic carbocycles. The van der Waals surface area contributed by atoms with Gasteiger partial charge in [0.05, 0.1) is 5.39 Å².